The van der Waals surface area contributed by atoms with Crippen molar-refractivity contribution in [3.8, 4) is 0 Å². The lowest BCUT2D eigenvalue weighted by Crippen LogP contribution is -2.64. The maximum absolute atomic E-state index is 12.9. The molecule has 1 aliphatic heterocycles. The van der Waals surface area contributed by atoms with Gasteiger partial charge in [0, 0.05) is 25.4 Å². The molecule has 1 amide bonds. The molecule has 0 unspecified atom stereocenters. The lowest BCUT2D eigenvalue weighted by atomic mass is 9.58. The van der Waals surface area contributed by atoms with Gasteiger partial charge in [-0.2, -0.15) is 0 Å². The first-order valence-corrected chi connectivity index (χ1v) is 7.63. The monoisotopic (exact) mass is 281 g/mol. The summed E-state index contributed by atoms with van der Waals surface area (Å²) in [5, 5.41) is 10.3. The van der Waals surface area contributed by atoms with Gasteiger partial charge in [0.1, 0.15) is 6.61 Å². The Morgan fingerprint density at radius 1 is 1.45 bits per heavy atom. The molecule has 5 nitrogen and oxygen atoms in total. The minimum Gasteiger partial charge on any atom is -0.465 e. The van der Waals surface area contributed by atoms with E-state index in [0.29, 0.717) is 19.4 Å². The number of carbonyl (C=O) groups excluding carboxylic acids is 2. The number of esters is 1. The van der Waals surface area contributed by atoms with Gasteiger partial charge in [-0.3, -0.25) is 9.59 Å². The fraction of sp³-hybridized carbons (Fsp3) is 0.867. The summed E-state index contributed by atoms with van der Waals surface area (Å²) >= 11 is 0. The molecule has 1 heterocycles. The fourth-order valence-corrected chi connectivity index (χ4v) is 4.87. The van der Waals surface area contributed by atoms with Crippen molar-refractivity contribution < 1.29 is 19.4 Å². The molecule has 4 bridgehead atoms. The van der Waals surface area contributed by atoms with Gasteiger partial charge in [-0.15, -0.1) is 0 Å². The second-order valence-electron chi connectivity index (χ2n) is 6.46. The topological polar surface area (TPSA) is 66.8 Å². The summed E-state index contributed by atoms with van der Waals surface area (Å²) in [7, 11) is 0. The number of hydrogen-bond donors (Lipinski definition) is 1. The van der Waals surface area contributed by atoms with E-state index in [4.69, 9.17) is 4.74 Å². The molecule has 0 radical (unpaired) electrons. The predicted octanol–water partition coefficient (Wildman–Crippen LogP) is 0.947. The molecule has 3 aliphatic rings. The normalized spacial score (nSPS) is 42.8. The Labute approximate surface area is 119 Å². The summed E-state index contributed by atoms with van der Waals surface area (Å²) in [4.78, 5) is 26.0. The first kappa shape index (κ1) is 13.9. The molecule has 5 atom stereocenters. The van der Waals surface area contributed by atoms with Crippen LogP contribution in [0.4, 0.5) is 0 Å². The van der Waals surface area contributed by atoms with Gasteiger partial charge < -0.3 is 14.7 Å². The summed E-state index contributed by atoms with van der Waals surface area (Å²) in [6.45, 7) is 4.21. The number of amides is 1. The van der Waals surface area contributed by atoms with Crippen molar-refractivity contribution in [2.75, 3.05) is 13.2 Å². The van der Waals surface area contributed by atoms with Crippen LogP contribution in [0.3, 0.4) is 0 Å². The van der Waals surface area contributed by atoms with E-state index in [1.54, 1.807) is 0 Å². The molecule has 2 saturated carbocycles. The Balaban J connectivity index is 1.97. The number of rotatable bonds is 3. The minimum absolute atomic E-state index is 0.136. The minimum atomic E-state index is -0.585. The maximum Gasteiger partial charge on any atom is 0.302 e. The SMILES string of the molecule is CCN1C(=O)[C@]2(COC(C)=O)CC[C@H](O)[C@@H]3[C@H]1CC[C@@H]32. The molecule has 3 fully saturated rings. The van der Waals surface area contributed by atoms with Crippen LogP contribution in [0, 0.1) is 17.3 Å². The number of carbonyl (C=O) groups is 2. The van der Waals surface area contributed by atoms with Crippen molar-refractivity contribution in [3.63, 3.8) is 0 Å². The van der Waals surface area contributed by atoms with Gasteiger partial charge in [0.15, 0.2) is 0 Å². The first-order valence-electron chi connectivity index (χ1n) is 7.63. The van der Waals surface area contributed by atoms with E-state index in [0.717, 1.165) is 12.8 Å². The fourth-order valence-electron chi connectivity index (χ4n) is 4.87. The Hall–Kier alpha value is -1.10. The Kier molecular flexibility index (Phi) is 3.27. The van der Waals surface area contributed by atoms with Gasteiger partial charge in [-0.1, -0.05) is 0 Å². The highest BCUT2D eigenvalue weighted by Gasteiger charge is 2.64. The quantitative estimate of drug-likeness (QED) is 0.782. The zero-order valence-corrected chi connectivity index (χ0v) is 12.2. The summed E-state index contributed by atoms with van der Waals surface area (Å²) in [6, 6.07) is 0.179. The number of ether oxygens (including phenoxy) is 1. The average Bonchev–Trinajstić information content (AvgIpc) is 2.80. The smallest absolute Gasteiger partial charge is 0.302 e. The molecule has 1 N–H and O–H groups in total. The van der Waals surface area contributed by atoms with Crippen molar-refractivity contribution in [2.45, 2.75) is 51.7 Å². The third-order valence-electron chi connectivity index (χ3n) is 5.68. The van der Waals surface area contributed by atoms with Crippen LogP contribution < -0.4 is 0 Å². The number of aliphatic hydroxyl groups is 1. The third kappa shape index (κ3) is 1.72. The van der Waals surface area contributed by atoms with Gasteiger partial charge in [0.25, 0.3) is 0 Å². The summed E-state index contributed by atoms with van der Waals surface area (Å²) in [5.41, 5.74) is -0.585. The standard InChI is InChI=1S/C15H23NO4/c1-3-16-11-5-4-10-13(11)12(18)6-7-15(10,14(16)19)8-20-9(2)17/h10-13,18H,3-8H2,1-2H3/t10-,11+,12-,13-,15-/m0/s1. The highest BCUT2D eigenvalue weighted by Crippen LogP contribution is 2.58. The van der Waals surface area contributed by atoms with E-state index >= 15 is 0 Å². The van der Waals surface area contributed by atoms with E-state index in [1.165, 1.54) is 6.92 Å². The largest absolute Gasteiger partial charge is 0.465 e. The Morgan fingerprint density at radius 3 is 2.85 bits per heavy atom. The van der Waals surface area contributed by atoms with Gasteiger partial charge in [-0.05, 0) is 38.5 Å². The summed E-state index contributed by atoms with van der Waals surface area (Å²) < 4.78 is 5.24. The van der Waals surface area contributed by atoms with Gasteiger partial charge in [0.2, 0.25) is 5.91 Å². The molecule has 2 aliphatic carbocycles. The lowest BCUT2D eigenvalue weighted by Gasteiger charge is -2.54. The van der Waals surface area contributed by atoms with E-state index < -0.39 is 5.41 Å². The zero-order chi connectivity index (χ0) is 14.5. The molecular weight excluding hydrogens is 258 g/mol. The number of likely N-dealkylation sites (tertiary alicyclic amines) is 1. The molecule has 112 valence electrons. The number of aliphatic hydroxyl groups excluding tert-OH is 1. The van der Waals surface area contributed by atoms with E-state index in [9.17, 15) is 14.7 Å². The number of nitrogens with zero attached hydrogens (tertiary/aromatic N) is 1. The van der Waals surface area contributed by atoms with Crippen LogP contribution in [0.5, 0.6) is 0 Å². The molecular formula is C15H23NO4. The Bertz CT molecular complexity index is 438. The molecule has 0 aromatic carbocycles. The van der Waals surface area contributed by atoms with Crippen LogP contribution in [-0.4, -0.2) is 47.2 Å². The van der Waals surface area contributed by atoms with Gasteiger partial charge in [-0.25, -0.2) is 0 Å². The highest BCUT2D eigenvalue weighted by atomic mass is 16.5. The van der Waals surface area contributed by atoms with Crippen LogP contribution >= 0.6 is 0 Å². The molecule has 0 aromatic rings. The van der Waals surface area contributed by atoms with Gasteiger partial charge >= 0.3 is 5.97 Å². The third-order valence-corrected chi connectivity index (χ3v) is 5.68. The first-order chi connectivity index (χ1) is 9.51. The Morgan fingerprint density at radius 2 is 2.20 bits per heavy atom. The van der Waals surface area contributed by atoms with E-state index in [2.05, 4.69) is 0 Å². The number of hydrogen-bond acceptors (Lipinski definition) is 4. The molecule has 5 heteroatoms. The zero-order valence-electron chi connectivity index (χ0n) is 12.2. The van der Waals surface area contributed by atoms with Crippen LogP contribution in [0.2, 0.25) is 0 Å². The van der Waals surface area contributed by atoms with Crippen molar-refractivity contribution in [1.82, 2.24) is 4.90 Å². The van der Waals surface area contributed by atoms with Crippen LogP contribution in [0.25, 0.3) is 0 Å². The predicted molar refractivity (Wildman–Crippen MR) is 71.7 cm³/mol. The second kappa shape index (κ2) is 4.72. The van der Waals surface area contributed by atoms with E-state index in [1.807, 2.05) is 11.8 Å². The highest BCUT2D eigenvalue weighted by molar-refractivity contribution is 5.85. The molecule has 3 rings (SSSR count). The number of piperidine rings is 1. The van der Waals surface area contributed by atoms with Crippen molar-refractivity contribution in [3.05, 3.63) is 0 Å². The van der Waals surface area contributed by atoms with Crippen molar-refractivity contribution in [1.29, 1.82) is 0 Å². The molecule has 1 saturated heterocycles. The molecule has 0 spiro atoms. The van der Waals surface area contributed by atoms with Crippen molar-refractivity contribution in [2.24, 2.45) is 17.3 Å². The second-order valence-corrected chi connectivity index (χ2v) is 6.46. The van der Waals surface area contributed by atoms with Crippen LogP contribution in [-0.2, 0) is 14.3 Å². The summed E-state index contributed by atoms with van der Waals surface area (Å²) in [5.74, 6) is 0.137. The molecule has 20 heavy (non-hydrogen) atoms. The van der Waals surface area contributed by atoms with Crippen LogP contribution in [0.1, 0.15) is 39.5 Å². The van der Waals surface area contributed by atoms with E-state index in [-0.39, 0.29) is 42.5 Å². The van der Waals surface area contributed by atoms with Gasteiger partial charge in [0.05, 0.1) is 11.5 Å². The maximum atomic E-state index is 12.9. The average molecular weight is 281 g/mol. The summed E-state index contributed by atoms with van der Waals surface area (Å²) in [6.07, 6.45) is 2.87. The molecule has 0 aromatic heterocycles. The lowest BCUT2D eigenvalue weighted by molar-refractivity contribution is -0.181. The van der Waals surface area contributed by atoms with Crippen LogP contribution in [0.15, 0.2) is 0 Å². The van der Waals surface area contributed by atoms with Crippen molar-refractivity contribution >= 4 is 11.9 Å².